The highest BCUT2D eigenvalue weighted by Gasteiger charge is 2.00. The van der Waals surface area contributed by atoms with E-state index in [-0.39, 0.29) is 5.82 Å². The molecule has 0 saturated heterocycles. The van der Waals surface area contributed by atoms with Gasteiger partial charge in [0.1, 0.15) is 11.6 Å². The van der Waals surface area contributed by atoms with Crippen LogP contribution in [0.5, 0.6) is 5.75 Å². The molecule has 2 aromatic carbocycles. The maximum absolute atomic E-state index is 12.7. The molecule has 2 rings (SSSR count). The number of hydrogen-bond acceptors (Lipinski definition) is 3. The first-order chi connectivity index (χ1) is 9.65. The maximum atomic E-state index is 12.7. The van der Waals surface area contributed by atoms with Gasteiger partial charge in [0, 0.05) is 10.6 Å². The molecule has 2 nitrogen and oxygen atoms in total. The third-order valence-corrected chi connectivity index (χ3v) is 4.02. The summed E-state index contributed by atoms with van der Waals surface area (Å²) in [6.45, 7) is 0.599. The molecule has 5 heteroatoms. The molecule has 0 unspecified atom stereocenters. The lowest BCUT2D eigenvalue weighted by molar-refractivity contribution is 0.318. The predicted molar refractivity (Wildman–Crippen MR) is 83.1 cm³/mol. The van der Waals surface area contributed by atoms with E-state index in [0.29, 0.717) is 23.1 Å². The summed E-state index contributed by atoms with van der Waals surface area (Å²) in [4.78, 5) is 1.09. The molecule has 0 aliphatic rings. The highest BCUT2D eigenvalue weighted by molar-refractivity contribution is 7.99. The molecule has 0 bridgehead atoms. The Labute approximate surface area is 127 Å². The van der Waals surface area contributed by atoms with Gasteiger partial charge in [-0.2, -0.15) is 0 Å². The number of rotatable bonds is 6. The molecule has 0 fully saturated rings. The van der Waals surface area contributed by atoms with E-state index in [1.54, 1.807) is 30.0 Å². The molecule has 2 aromatic rings. The summed E-state index contributed by atoms with van der Waals surface area (Å²) in [5.41, 5.74) is 6.25. The van der Waals surface area contributed by atoms with Crippen molar-refractivity contribution in [2.75, 3.05) is 18.1 Å². The number of ether oxygens (including phenoxy) is 1. The number of benzene rings is 2. The molecule has 0 aliphatic carbocycles. The summed E-state index contributed by atoms with van der Waals surface area (Å²) in [7, 11) is 0. The van der Waals surface area contributed by atoms with Crippen LogP contribution in [0.4, 0.5) is 10.1 Å². The van der Waals surface area contributed by atoms with Gasteiger partial charge in [0.2, 0.25) is 0 Å². The topological polar surface area (TPSA) is 35.2 Å². The third kappa shape index (κ3) is 4.62. The van der Waals surface area contributed by atoms with Gasteiger partial charge in [-0.05, 0) is 48.9 Å². The van der Waals surface area contributed by atoms with Crippen LogP contribution in [0.25, 0.3) is 0 Å². The Bertz CT molecular complexity index is 562. The van der Waals surface area contributed by atoms with Gasteiger partial charge in [0.15, 0.2) is 0 Å². The molecule has 0 radical (unpaired) electrons. The van der Waals surface area contributed by atoms with Crippen LogP contribution in [-0.4, -0.2) is 12.4 Å². The predicted octanol–water partition coefficient (Wildman–Crippen LogP) is 4.62. The minimum absolute atomic E-state index is 0.256. The summed E-state index contributed by atoms with van der Waals surface area (Å²) in [5.74, 6) is 1.35. The Morgan fingerprint density at radius 3 is 2.60 bits per heavy atom. The molecule has 0 spiro atoms. The highest BCUT2D eigenvalue weighted by Crippen LogP contribution is 2.26. The molecule has 0 aromatic heterocycles. The van der Waals surface area contributed by atoms with Crippen LogP contribution in [0.3, 0.4) is 0 Å². The molecule has 2 N–H and O–H groups in total. The van der Waals surface area contributed by atoms with E-state index in [1.165, 1.54) is 12.1 Å². The molecule has 0 amide bonds. The number of thioether (sulfide) groups is 1. The minimum atomic E-state index is -0.256. The zero-order valence-electron chi connectivity index (χ0n) is 10.8. The molecule has 0 heterocycles. The average Bonchev–Trinajstić information content (AvgIpc) is 2.44. The van der Waals surface area contributed by atoms with Crippen molar-refractivity contribution in [3.05, 3.63) is 53.3 Å². The van der Waals surface area contributed by atoms with Crippen LogP contribution in [-0.2, 0) is 0 Å². The summed E-state index contributed by atoms with van der Waals surface area (Å²) in [6.07, 6.45) is 0.893. The fourth-order valence-electron chi connectivity index (χ4n) is 1.57. The maximum Gasteiger partial charge on any atom is 0.123 e. The Kier molecular flexibility index (Phi) is 5.56. The average molecular weight is 312 g/mol. The van der Waals surface area contributed by atoms with Gasteiger partial charge in [-0.25, -0.2) is 4.39 Å². The first-order valence-electron chi connectivity index (χ1n) is 6.21. The Balaban J connectivity index is 1.68. The van der Waals surface area contributed by atoms with Crippen molar-refractivity contribution in [1.29, 1.82) is 0 Å². The zero-order chi connectivity index (χ0) is 14.4. The second-order valence-electron chi connectivity index (χ2n) is 4.19. The van der Waals surface area contributed by atoms with E-state index >= 15 is 0 Å². The smallest absolute Gasteiger partial charge is 0.123 e. The molecule has 0 aliphatic heterocycles. The fourth-order valence-corrected chi connectivity index (χ4v) is 2.68. The van der Waals surface area contributed by atoms with Crippen LogP contribution in [0.2, 0.25) is 5.02 Å². The van der Waals surface area contributed by atoms with Crippen molar-refractivity contribution in [1.82, 2.24) is 0 Å². The lowest BCUT2D eigenvalue weighted by Gasteiger charge is -2.06. The fraction of sp³-hybridized carbons (Fsp3) is 0.200. The third-order valence-electron chi connectivity index (χ3n) is 2.61. The van der Waals surface area contributed by atoms with Crippen LogP contribution < -0.4 is 10.5 Å². The Morgan fingerprint density at radius 2 is 1.90 bits per heavy atom. The van der Waals surface area contributed by atoms with Gasteiger partial charge in [0.25, 0.3) is 0 Å². The molecular weight excluding hydrogens is 297 g/mol. The second-order valence-corrected chi connectivity index (χ2v) is 5.76. The molecule has 0 atom stereocenters. The van der Waals surface area contributed by atoms with Crippen molar-refractivity contribution < 1.29 is 9.13 Å². The van der Waals surface area contributed by atoms with Crippen molar-refractivity contribution in [3.8, 4) is 5.75 Å². The van der Waals surface area contributed by atoms with Gasteiger partial charge in [-0.15, -0.1) is 11.8 Å². The van der Waals surface area contributed by atoms with E-state index in [9.17, 15) is 4.39 Å². The minimum Gasteiger partial charge on any atom is -0.494 e. The summed E-state index contributed by atoms with van der Waals surface area (Å²) in [5, 5.41) is 0.581. The quantitative estimate of drug-likeness (QED) is 0.480. The van der Waals surface area contributed by atoms with Crippen molar-refractivity contribution in [3.63, 3.8) is 0 Å². The highest BCUT2D eigenvalue weighted by atomic mass is 35.5. The van der Waals surface area contributed by atoms with E-state index in [1.807, 2.05) is 12.1 Å². The van der Waals surface area contributed by atoms with Crippen LogP contribution in [0.1, 0.15) is 6.42 Å². The van der Waals surface area contributed by atoms with E-state index in [2.05, 4.69) is 0 Å². The van der Waals surface area contributed by atoms with E-state index < -0.39 is 0 Å². The number of nitrogen functional groups attached to an aromatic ring is 1. The van der Waals surface area contributed by atoms with Gasteiger partial charge in [-0.1, -0.05) is 11.6 Å². The number of halogens is 2. The van der Waals surface area contributed by atoms with Gasteiger partial charge < -0.3 is 10.5 Å². The van der Waals surface area contributed by atoms with E-state index in [0.717, 1.165) is 17.1 Å². The summed E-state index contributed by atoms with van der Waals surface area (Å²) >= 11 is 7.65. The molecule has 20 heavy (non-hydrogen) atoms. The lowest BCUT2D eigenvalue weighted by atomic mass is 10.3. The molecular formula is C15H15ClFNOS. The standard InChI is InChI=1S/C15H15ClFNOS/c16-14-10-13(6-7-15(14)18)20-9-1-8-19-12-4-2-11(17)3-5-12/h2-7,10H,1,8-9,18H2. The number of hydrogen-bond donors (Lipinski definition) is 1. The van der Waals surface area contributed by atoms with Gasteiger partial charge in [0.05, 0.1) is 17.3 Å². The van der Waals surface area contributed by atoms with Gasteiger partial charge >= 0.3 is 0 Å². The van der Waals surface area contributed by atoms with Crippen LogP contribution in [0.15, 0.2) is 47.4 Å². The monoisotopic (exact) mass is 311 g/mol. The van der Waals surface area contributed by atoms with Gasteiger partial charge in [-0.3, -0.25) is 0 Å². The van der Waals surface area contributed by atoms with Crippen molar-refractivity contribution in [2.24, 2.45) is 0 Å². The van der Waals surface area contributed by atoms with Crippen LogP contribution >= 0.6 is 23.4 Å². The number of anilines is 1. The Hall–Kier alpha value is -1.39. The largest absolute Gasteiger partial charge is 0.494 e. The van der Waals surface area contributed by atoms with E-state index in [4.69, 9.17) is 22.1 Å². The molecule has 106 valence electrons. The van der Waals surface area contributed by atoms with Crippen molar-refractivity contribution in [2.45, 2.75) is 11.3 Å². The summed E-state index contributed by atoms with van der Waals surface area (Å²) in [6, 6.07) is 11.7. The Morgan fingerprint density at radius 1 is 1.15 bits per heavy atom. The summed E-state index contributed by atoms with van der Waals surface area (Å²) < 4.78 is 18.2. The number of nitrogens with two attached hydrogens (primary N) is 1. The zero-order valence-corrected chi connectivity index (χ0v) is 12.4. The van der Waals surface area contributed by atoms with Crippen molar-refractivity contribution >= 4 is 29.1 Å². The normalized spacial score (nSPS) is 10.5. The molecule has 0 saturated carbocycles. The first-order valence-corrected chi connectivity index (χ1v) is 7.58. The first kappa shape index (κ1) is 15.0. The lowest BCUT2D eigenvalue weighted by Crippen LogP contribution is -1.98. The second kappa shape index (κ2) is 7.41. The SMILES string of the molecule is Nc1ccc(SCCCOc2ccc(F)cc2)cc1Cl. The van der Waals surface area contributed by atoms with Crippen LogP contribution in [0, 0.1) is 5.82 Å².